The van der Waals surface area contributed by atoms with Crippen molar-refractivity contribution in [3.63, 3.8) is 0 Å². The van der Waals surface area contributed by atoms with E-state index in [1.54, 1.807) is 18.2 Å². The van der Waals surface area contributed by atoms with Gasteiger partial charge in [0.15, 0.2) is 0 Å². The third kappa shape index (κ3) is 7.71. The number of nitrogens with zero attached hydrogens (tertiary/aromatic N) is 1. The summed E-state index contributed by atoms with van der Waals surface area (Å²) in [5, 5.41) is 22.7. The topological polar surface area (TPSA) is 62.1 Å². The highest BCUT2D eigenvalue weighted by Crippen LogP contribution is 2.25. The number of hydrogen-bond donors (Lipinski definition) is 2. The molecule has 0 saturated carbocycles. The van der Waals surface area contributed by atoms with Gasteiger partial charge in [-0.25, -0.2) is 0 Å². The molecule has 0 aliphatic rings. The summed E-state index contributed by atoms with van der Waals surface area (Å²) in [6, 6.07) is 5.04. The molecule has 0 spiro atoms. The first-order valence-electron chi connectivity index (χ1n) is 9.40. The average Bonchev–Trinajstić information content (AvgIpc) is 2.59. The van der Waals surface area contributed by atoms with Crippen LogP contribution in [0.5, 0.6) is 11.5 Å². The molecule has 136 valence electrons. The van der Waals surface area contributed by atoms with Gasteiger partial charge in [-0.2, -0.15) is 0 Å². The van der Waals surface area contributed by atoms with Crippen LogP contribution in [0.15, 0.2) is 23.4 Å². The molecule has 0 heterocycles. The van der Waals surface area contributed by atoms with Crippen LogP contribution >= 0.6 is 0 Å². The van der Waals surface area contributed by atoms with Crippen molar-refractivity contribution >= 4 is 5.71 Å². The Balaban J connectivity index is 2.34. The molecule has 0 radical (unpaired) electrons. The highest BCUT2D eigenvalue weighted by atomic mass is 16.5. The molecule has 1 aromatic rings. The van der Waals surface area contributed by atoms with E-state index >= 15 is 0 Å². The highest BCUT2D eigenvalue weighted by molar-refractivity contribution is 6.02. The van der Waals surface area contributed by atoms with Crippen molar-refractivity contribution in [1.29, 1.82) is 0 Å². The van der Waals surface area contributed by atoms with Gasteiger partial charge in [-0.05, 0) is 38.0 Å². The Morgan fingerprint density at radius 1 is 0.958 bits per heavy atom. The first-order chi connectivity index (χ1) is 11.7. The van der Waals surface area contributed by atoms with Crippen LogP contribution in [0.1, 0.15) is 83.6 Å². The molecule has 0 aliphatic heterocycles. The standard InChI is InChI=1S/C20H33NO3/c1-3-5-6-7-8-9-10-11-12-13-19(21-23)18-16-17(24-4-2)14-15-20(18)22/h14-16,22-23H,3-13H2,1-2H3/b21-19-. The van der Waals surface area contributed by atoms with Gasteiger partial charge in [0.2, 0.25) is 0 Å². The molecule has 0 bridgehead atoms. The molecule has 0 aromatic heterocycles. The zero-order chi connectivity index (χ0) is 17.6. The summed E-state index contributed by atoms with van der Waals surface area (Å²) in [5.41, 5.74) is 1.08. The molecule has 0 saturated heterocycles. The molecule has 4 heteroatoms. The average molecular weight is 335 g/mol. The fourth-order valence-corrected chi connectivity index (χ4v) is 2.84. The Bertz CT molecular complexity index is 486. The molecule has 0 fully saturated rings. The molecule has 4 nitrogen and oxygen atoms in total. The van der Waals surface area contributed by atoms with Crippen molar-refractivity contribution in [3.05, 3.63) is 23.8 Å². The molecule has 1 aromatic carbocycles. The minimum atomic E-state index is 0.127. The number of hydrogen-bond acceptors (Lipinski definition) is 4. The van der Waals surface area contributed by atoms with E-state index in [0.29, 0.717) is 30.1 Å². The summed E-state index contributed by atoms with van der Waals surface area (Å²) >= 11 is 0. The second-order valence-electron chi connectivity index (χ2n) is 6.24. The highest BCUT2D eigenvalue weighted by Gasteiger charge is 2.11. The van der Waals surface area contributed by atoms with E-state index in [-0.39, 0.29) is 5.75 Å². The number of rotatable bonds is 13. The first-order valence-corrected chi connectivity index (χ1v) is 9.40. The number of oxime groups is 1. The largest absolute Gasteiger partial charge is 0.507 e. The van der Waals surface area contributed by atoms with Gasteiger partial charge in [0.1, 0.15) is 11.5 Å². The van der Waals surface area contributed by atoms with Crippen molar-refractivity contribution in [2.24, 2.45) is 5.16 Å². The lowest BCUT2D eigenvalue weighted by Gasteiger charge is -2.10. The smallest absolute Gasteiger partial charge is 0.125 e. The van der Waals surface area contributed by atoms with Crippen LogP contribution in [-0.2, 0) is 0 Å². The van der Waals surface area contributed by atoms with E-state index < -0.39 is 0 Å². The normalized spacial score (nSPS) is 11.7. The summed E-state index contributed by atoms with van der Waals surface area (Å²) in [6.45, 7) is 4.71. The van der Waals surface area contributed by atoms with Gasteiger partial charge in [0.05, 0.1) is 12.3 Å². The summed E-state index contributed by atoms with van der Waals surface area (Å²) < 4.78 is 5.45. The van der Waals surface area contributed by atoms with Gasteiger partial charge in [-0.1, -0.05) is 63.4 Å². The summed E-state index contributed by atoms with van der Waals surface area (Å²) in [6.07, 6.45) is 11.9. The van der Waals surface area contributed by atoms with Crippen LogP contribution in [0.3, 0.4) is 0 Å². The minimum Gasteiger partial charge on any atom is -0.507 e. The second-order valence-corrected chi connectivity index (χ2v) is 6.24. The van der Waals surface area contributed by atoms with Gasteiger partial charge in [0, 0.05) is 5.56 Å². The van der Waals surface area contributed by atoms with Crippen molar-refractivity contribution in [2.45, 2.75) is 78.1 Å². The summed E-state index contributed by atoms with van der Waals surface area (Å²) in [5.74, 6) is 0.806. The lowest BCUT2D eigenvalue weighted by Crippen LogP contribution is -2.03. The van der Waals surface area contributed by atoms with Crippen molar-refractivity contribution in [2.75, 3.05) is 6.61 Å². The van der Waals surface area contributed by atoms with Crippen molar-refractivity contribution < 1.29 is 15.1 Å². The Hall–Kier alpha value is -1.71. The Morgan fingerprint density at radius 2 is 1.58 bits per heavy atom. The van der Waals surface area contributed by atoms with Crippen molar-refractivity contribution in [3.8, 4) is 11.5 Å². The number of unbranched alkanes of at least 4 members (excludes halogenated alkanes) is 8. The van der Waals surface area contributed by atoms with Crippen LogP contribution in [-0.4, -0.2) is 22.6 Å². The van der Waals surface area contributed by atoms with E-state index in [0.717, 1.165) is 12.8 Å². The maximum atomic E-state index is 10.0. The molecule has 0 aliphatic carbocycles. The zero-order valence-corrected chi connectivity index (χ0v) is 15.3. The van der Waals surface area contributed by atoms with E-state index in [4.69, 9.17) is 4.74 Å². The fourth-order valence-electron chi connectivity index (χ4n) is 2.84. The van der Waals surface area contributed by atoms with Gasteiger partial charge in [-0.15, -0.1) is 0 Å². The second kappa shape index (κ2) is 12.7. The van der Waals surface area contributed by atoms with Crippen LogP contribution in [0.25, 0.3) is 0 Å². The van der Waals surface area contributed by atoms with Crippen LogP contribution in [0.4, 0.5) is 0 Å². The lowest BCUT2D eigenvalue weighted by molar-refractivity contribution is 0.317. The lowest BCUT2D eigenvalue weighted by atomic mass is 10.0. The number of aromatic hydroxyl groups is 1. The van der Waals surface area contributed by atoms with Gasteiger partial charge >= 0.3 is 0 Å². The number of benzene rings is 1. The molecule has 0 atom stereocenters. The van der Waals surface area contributed by atoms with Gasteiger partial charge in [-0.3, -0.25) is 0 Å². The quantitative estimate of drug-likeness (QED) is 0.204. The van der Waals surface area contributed by atoms with E-state index in [1.807, 2.05) is 6.92 Å². The van der Waals surface area contributed by atoms with E-state index in [2.05, 4.69) is 12.1 Å². The SMILES string of the molecule is CCCCCCCCCCC/C(=N/O)c1cc(OCC)ccc1O. The van der Waals surface area contributed by atoms with Crippen LogP contribution in [0, 0.1) is 0 Å². The predicted octanol–water partition coefficient (Wildman–Crippen LogP) is 5.89. The third-order valence-electron chi connectivity index (χ3n) is 4.23. The number of phenolic OH excluding ortho intramolecular Hbond substituents is 1. The monoisotopic (exact) mass is 335 g/mol. The fraction of sp³-hybridized carbons (Fsp3) is 0.650. The molecule has 24 heavy (non-hydrogen) atoms. The molecule has 1 rings (SSSR count). The molecule has 0 unspecified atom stereocenters. The van der Waals surface area contributed by atoms with Gasteiger partial charge in [0.25, 0.3) is 0 Å². The maximum Gasteiger partial charge on any atom is 0.125 e. The minimum absolute atomic E-state index is 0.127. The summed E-state index contributed by atoms with van der Waals surface area (Å²) in [4.78, 5) is 0. The molecular formula is C20H33NO3. The Morgan fingerprint density at radius 3 is 2.17 bits per heavy atom. The first kappa shape index (κ1) is 20.3. The van der Waals surface area contributed by atoms with E-state index in [1.165, 1.54) is 44.9 Å². The zero-order valence-electron chi connectivity index (χ0n) is 15.3. The maximum absolute atomic E-state index is 10.0. The van der Waals surface area contributed by atoms with Crippen LogP contribution in [0.2, 0.25) is 0 Å². The van der Waals surface area contributed by atoms with Gasteiger partial charge < -0.3 is 15.1 Å². The predicted molar refractivity (Wildman–Crippen MR) is 99.4 cm³/mol. The number of phenols is 1. The third-order valence-corrected chi connectivity index (χ3v) is 4.23. The Labute approximate surface area is 146 Å². The van der Waals surface area contributed by atoms with Crippen molar-refractivity contribution in [1.82, 2.24) is 0 Å². The number of ether oxygens (including phenoxy) is 1. The molecule has 0 amide bonds. The summed E-state index contributed by atoms with van der Waals surface area (Å²) in [7, 11) is 0. The van der Waals surface area contributed by atoms with E-state index in [9.17, 15) is 10.3 Å². The molecular weight excluding hydrogens is 302 g/mol. The van der Waals surface area contributed by atoms with Crippen LogP contribution < -0.4 is 4.74 Å². The molecule has 2 N–H and O–H groups in total. The Kier molecular flexibility index (Phi) is 10.7.